The van der Waals surface area contributed by atoms with Crippen molar-refractivity contribution >= 4 is 28.3 Å². The number of carbonyl (C=O) groups excluding carboxylic acids is 2. The molecule has 1 aliphatic rings. The smallest absolute Gasteiger partial charge is 0.229 e. The molecule has 0 bridgehead atoms. The zero-order valence-corrected chi connectivity index (χ0v) is 16.1. The first-order valence-corrected chi connectivity index (χ1v) is 9.91. The number of rotatable bonds is 4. The number of halogens is 1. The number of piperidine rings is 1. The van der Waals surface area contributed by atoms with Crippen LogP contribution in [0, 0.1) is 11.7 Å². The summed E-state index contributed by atoms with van der Waals surface area (Å²) < 4.78 is 13.0. The zero-order chi connectivity index (χ0) is 20.2. The average molecular weight is 390 g/mol. The fourth-order valence-corrected chi connectivity index (χ4v) is 3.92. The van der Waals surface area contributed by atoms with Crippen molar-refractivity contribution in [1.29, 1.82) is 0 Å². The summed E-state index contributed by atoms with van der Waals surface area (Å²) in [6, 6.07) is 19.8. The Morgan fingerprint density at radius 3 is 2.59 bits per heavy atom. The number of nitrogens with one attached hydrogen (secondary N) is 1. The fourth-order valence-electron chi connectivity index (χ4n) is 3.92. The molecule has 1 saturated heterocycles. The van der Waals surface area contributed by atoms with Crippen LogP contribution in [0.25, 0.3) is 10.8 Å². The van der Waals surface area contributed by atoms with E-state index in [1.54, 1.807) is 17.0 Å². The lowest BCUT2D eigenvalue weighted by atomic mass is 9.95. The Hall–Kier alpha value is -3.21. The van der Waals surface area contributed by atoms with Gasteiger partial charge in [0.15, 0.2) is 0 Å². The van der Waals surface area contributed by atoms with Gasteiger partial charge in [0.1, 0.15) is 5.82 Å². The summed E-state index contributed by atoms with van der Waals surface area (Å²) >= 11 is 0. The van der Waals surface area contributed by atoms with Crippen LogP contribution in [0.2, 0.25) is 0 Å². The summed E-state index contributed by atoms with van der Waals surface area (Å²) in [6.45, 7) is 1.08. The van der Waals surface area contributed by atoms with Gasteiger partial charge in [-0.1, -0.05) is 42.5 Å². The van der Waals surface area contributed by atoms with Crippen LogP contribution in [0.15, 0.2) is 66.7 Å². The first kappa shape index (κ1) is 19.1. The molecule has 0 aliphatic carbocycles. The summed E-state index contributed by atoms with van der Waals surface area (Å²) in [4.78, 5) is 27.3. The molecule has 0 saturated carbocycles. The number of benzene rings is 3. The summed E-state index contributed by atoms with van der Waals surface area (Å²) in [7, 11) is 0. The third kappa shape index (κ3) is 4.45. The van der Waals surface area contributed by atoms with Crippen molar-refractivity contribution in [3.63, 3.8) is 0 Å². The molecular weight excluding hydrogens is 367 g/mol. The SMILES string of the molecule is O=C(Nc1ccc(F)cc1)C1CCCN(C(=O)Cc2cccc3ccccc23)C1. The van der Waals surface area contributed by atoms with E-state index in [1.807, 2.05) is 42.5 Å². The third-order valence-corrected chi connectivity index (χ3v) is 5.48. The molecule has 29 heavy (non-hydrogen) atoms. The second-order valence-corrected chi connectivity index (χ2v) is 7.49. The van der Waals surface area contributed by atoms with E-state index < -0.39 is 0 Å². The van der Waals surface area contributed by atoms with Crippen molar-refractivity contribution in [2.45, 2.75) is 19.3 Å². The van der Waals surface area contributed by atoms with Crippen molar-refractivity contribution in [1.82, 2.24) is 4.90 Å². The van der Waals surface area contributed by atoms with Gasteiger partial charge in [-0.3, -0.25) is 9.59 Å². The van der Waals surface area contributed by atoms with Crippen LogP contribution >= 0.6 is 0 Å². The van der Waals surface area contributed by atoms with E-state index in [9.17, 15) is 14.0 Å². The molecule has 1 atom stereocenters. The van der Waals surface area contributed by atoms with E-state index >= 15 is 0 Å². The number of amides is 2. The molecule has 2 amide bonds. The highest BCUT2D eigenvalue weighted by atomic mass is 19.1. The maximum absolute atomic E-state index is 13.0. The monoisotopic (exact) mass is 390 g/mol. The standard InChI is InChI=1S/C24H23FN2O2/c25-20-10-12-21(13-11-20)26-24(29)19-8-4-14-27(16-19)23(28)15-18-7-3-6-17-5-1-2-9-22(17)18/h1-3,5-7,9-13,19H,4,8,14-16H2,(H,26,29). The average Bonchev–Trinajstić information content (AvgIpc) is 2.75. The molecule has 0 aromatic heterocycles. The van der Waals surface area contributed by atoms with Gasteiger partial charge in [0, 0.05) is 18.8 Å². The Balaban J connectivity index is 1.41. The molecule has 1 fully saturated rings. The Morgan fingerprint density at radius 1 is 1.00 bits per heavy atom. The molecule has 1 aliphatic heterocycles. The van der Waals surface area contributed by atoms with E-state index in [1.165, 1.54) is 12.1 Å². The van der Waals surface area contributed by atoms with Crippen molar-refractivity contribution in [3.8, 4) is 0 Å². The van der Waals surface area contributed by atoms with E-state index in [0.717, 1.165) is 29.2 Å². The number of hydrogen-bond donors (Lipinski definition) is 1. The predicted molar refractivity (Wildman–Crippen MR) is 112 cm³/mol. The second kappa shape index (κ2) is 8.43. The van der Waals surface area contributed by atoms with Crippen molar-refractivity contribution in [3.05, 3.63) is 78.1 Å². The molecule has 0 radical (unpaired) electrons. The lowest BCUT2D eigenvalue weighted by Crippen LogP contribution is -2.44. The summed E-state index contributed by atoms with van der Waals surface area (Å²) in [5.41, 5.74) is 1.57. The number of carbonyl (C=O) groups is 2. The highest BCUT2D eigenvalue weighted by Gasteiger charge is 2.28. The van der Waals surface area contributed by atoms with Crippen molar-refractivity contribution in [2.24, 2.45) is 5.92 Å². The van der Waals surface area contributed by atoms with Crippen LogP contribution in [0.5, 0.6) is 0 Å². The van der Waals surface area contributed by atoms with E-state index in [0.29, 0.717) is 25.2 Å². The Labute approximate surface area is 169 Å². The number of fused-ring (bicyclic) bond motifs is 1. The minimum Gasteiger partial charge on any atom is -0.342 e. The Kier molecular flexibility index (Phi) is 5.56. The molecule has 4 nitrogen and oxygen atoms in total. The van der Waals surface area contributed by atoms with Gasteiger partial charge < -0.3 is 10.2 Å². The van der Waals surface area contributed by atoms with Crippen LogP contribution in [-0.4, -0.2) is 29.8 Å². The summed E-state index contributed by atoms with van der Waals surface area (Å²) in [6.07, 6.45) is 1.86. The topological polar surface area (TPSA) is 49.4 Å². The molecule has 1 N–H and O–H groups in total. The normalized spacial score (nSPS) is 16.6. The molecule has 5 heteroatoms. The first-order chi connectivity index (χ1) is 14.1. The lowest BCUT2D eigenvalue weighted by molar-refractivity contribution is -0.133. The quantitative estimate of drug-likeness (QED) is 0.718. The van der Waals surface area contributed by atoms with Crippen molar-refractivity contribution in [2.75, 3.05) is 18.4 Å². The van der Waals surface area contributed by atoms with Gasteiger partial charge in [-0.25, -0.2) is 4.39 Å². The molecule has 1 unspecified atom stereocenters. The van der Waals surface area contributed by atoms with Crippen LogP contribution in [-0.2, 0) is 16.0 Å². The Morgan fingerprint density at radius 2 is 1.76 bits per heavy atom. The molecule has 148 valence electrons. The second-order valence-electron chi connectivity index (χ2n) is 7.49. The lowest BCUT2D eigenvalue weighted by Gasteiger charge is -2.32. The highest BCUT2D eigenvalue weighted by molar-refractivity contribution is 5.94. The highest BCUT2D eigenvalue weighted by Crippen LogP contribution is 2.22. The van der Waals surface area contributed by atoms with Crippen molar-refractivity contribution < 1.29 is 14.0 Å². The molecule has 4 rings (SSSR count). The molecule has 3 aromatic carbocycles. The van der Waals surface area contributed by atoms with Gasteiger partial charge in [-0.2, -0.15) is 0 Å². The van der Waals surface area contributed by atoms with Crippen LogP contribution in [0.4, 0.5) is 10.1 Å². The van der Waals surface area contributed by atoms with Gasteiger partial charge in [0.2, 0.25) is 11.8 Å². The van der Waals surface area contributed by atoms with E-state index in [4.69, 9.17) is 0 Å². The predicted octanol–water partition coefficient (Wildman–Crippen LogP) is 4.40. The Bertz CT molecular complexity index is 1030. The third-order valence-electron chi connectivity index (χ3n) is 5.48. The minimum atomic E-state index is -0.342. The largest absolute Gasteiger partial charge is 0.342 e. The van der Waals surface area contributed by atoms with Gasteiger partial charge in [0.05, 0.1) is 12.3 Å². The van der Waals surface area contributed by atoms with Gasteiger partial charge in [-0.15, -0.1) is 0 Å². The number of hydrogen-bond acceptors (Lipinski definition) is 2. The molecule has 0 spiro atoms. The van der Waals surface area contributed by atoms with E-state index in [2.05, 4.69) is 5.32 Å². The zero-order valence-electron chi connectivity index (χ0n) is 16.1. The maximum Gasteiger partial charge on any atom is 0.229 e. The van der Waals surface area contributed by atoms with Gasteiger partial charge in [0.25, 0.3) is 0 Å². The molecular formula is C24H23FN2O2. The fraction of sp³-hybridized carbons (Fsp3) is 0.250. The van der Waals surface area contributed by atoms with Crippen LogP contribution < -0.4 is 5.32 Å². The van der Waals surface area contributed by atoms with E-state index in [-0.39, 0.29) is 23.5 Å². The molecule has 3 aromatic rings. The number of nitrogens with zero attached hydrogens (tertiary/aromatic N) is 1. The summed E-state index contributed by atoms with van der Waals surface area (Å²) in [5, 5.41) is 5.04. The molecule has 1 heterocycles. The minimum absolute atomic E-state index is 0.0423. The summed E-state index contributed by atoms with van der Waals surface area (Å²) in [5.74, 6) is -0.684. The van der Waals surface area contributed by atoms with Crippen LogP contribution in [0.1, 0.15) is 18.4 Å². The van der Waals surface area contributed by atoms with Gasteiger partial charge in [-0.05, 0) is 53.4 Å². The number of anilines is 1. The van der Waals surface area contributed by atoms with Crippen LogP contribution in [0.3, 0.4) is 0 Å². The van der Waals surface area contributed by atoms with Gasteiger partial charge >= 0.3 is 0 Å². The first-order valence-electron chi connectivity index (χ1n) is 9.91. The maximum atomic E-state index is 13.0. The number of likely N-dealkylation sites (tertiary alicyclic amines) is 1.